The number of carboxylic acid groups (broad SMARTS) is 1. The molecule has 0 heterocycles. The lowest BCUT2D eigenvalue weighted by Crippen LogP contribution is -2.34. The van der Waals surface area contributed by atoms with Gasteiger partial charge in [-0.2, -0.15) is 0 Å². The van der Waals surface area contributed by atoms with Gasteiger partial charge in [0, 0.05) is 42.7 Å². The van der Waals surface area contributed by atoms with Gasteiger partial charge in [-0.15, -0.1) is 0 Å². The molecular formula is C38H42N2O5. The first-order valence-corrected chi connectivity index (χ1v) is 15.3. The second-order valence-electron chi connectivity index (χ2n) is 12.4. The number of carbonyl (C=O) groups excluding carboxylic acids is 2. The topological polar surface area (TPSA) is 95.9 Å². The van der Waals surface area contributed by atoms with Gasteiger partial charge in [-0.05, 0) is 47.2 Å². The second kappa shape index (κ2) is 15.7. The lowest BCUT2D eigenvalue weighted by Gasteiger charge is -2.27. The number of nitrogens with one attached hydrogen (secondary N) is 1. The van der Waals surface area contributed by atoms with Crippen molar-refractivity contribution in [3.8, 4) is 5.75 Å². The quantitative estimate of drug-likeness (QED) is 0.109. The van der Waals surface area contributed by atoms with Crippen LogP contribution in [-0.2, 0) is 22.6 Å². The number of hydrogen-bond donors (Lipinski definition) is 2. The summed E-state index contributed by atoms with van der Waals surface area (Å²) in [4.78, 5) is 40.3. The van der Waals surface area contributed by atoms with E-state index in [1.54, 1.807) is 48.5 Å². The lowest BCUT2D eigenvalue weighted by atomic mass is 9.91. The molecule has 4 rings (SSSR count). The van der Waals surface area contributed by atoms with Crippen LogP contribution in [0.15, 0.2) is 109 Å². The molecule has 4 aromatic carbocycles. The number of amides is 1. The highest BCUT2D eigenvalue weighted by molar-refractivity contribution is 6.12. The molecular weight excluding hydrogens is 564 g/mol. The third kappa shape index (κ3) is 10.3. The molecule has 0 saturated carbocycles. The van der Waals surface area contributed by atoms with E-state index in [1.165, 1.54) is 0 Å². The highest BCUT2D eigenvalue weighted by atomic mass is 16.5. The normalized spacial score (nSPS) is 11.8. The first-order chi connectivity index (χ1) is 21.6. The minimum absolute atomic E-state index is 0.0948. The highest BCUT2D eigenvalue weighted by Gasteiger charge is 2.23. The van der Waals surface area contributed by atoms with Gasteiger partial charge in [-0.1, -0.05) is 106 Å². The molecule has 0 aliphatic carbocycles. The van der Waals surface area contributed by atoms with Crippen LogP contribution in [0, 0.1) is 5.41 Å². The predicted octanol–water partition coefficient (Wildman–Crippen LogP) is 7.26. The summed E-state index contributed by atoms with van der Waals surface area (Å²) < 4.78 is 5.97. The lowest BCUT2D eigenvalue weighted by molar-refractivity contribution is -0.138. The molecule has 4 aromatic rings. The molecule has 0 aromatic heterocycles. The summed E-state index contributed by atoms with van der Waals surface area (Å²) in [6.07, 6.45) is 1.37. The molecule has 234 valence electrons. The molecule has 0 saturated heterocycles. The molecule has 0 spiro atoms. The van der Waals surface area contributed by atoms with Crippen molar-refractivity contribution in [2.45, 2.75) is 52.6 Å². The van der Waals surface area contributed by atoms with Crippen molar-refractivity contribution >= 4 is 23.3 Å². The van der Waals surface area contributed by atoms with Crippen molar-refractivity contribution in [2.75, 3.05) is 18.5 Å². The van der Waals surface area contributed by atoms with Gasteiger partial charge in [0.05, 0.1) is 6.61 Å². The summed E-state index contributed by atoms with van der Waals surface area (Å²) in [5, 5.41) is 13.0. The van der Waals surface area contributed by atoms with Crippen LogP contribution < -0.4 is 10.1 Å². The van der Waals surface area contributed by atoms with Crippen LogP contribution >= 0.6 is 0 Å². The first kappa shape index (κ1) is 33.0. The van der Waals surface area contributed by atoms with Crippen molar-refractivity contribution in [3.63, 3.8) is 0 Å². The van der Waals surface area contributed by atoms with Gasteiger partial charge < -0.3 is 20.1 Å². The van der Waals surface area contributed by atoms with Crippen molar-refractivity contribution in [1.29, 1.82) is 0 Å². The van der Waals surface area contributed by atoms with Crippen LogP contribution in [0.1, 0.15) is 60.7 Å². The molecule has 1 amide bonds. The third-order valence-corrected chi connectivity index (χ3v) is 7.29. The summed E-state index contributed by atoms with van der Waals surface area (Å²) in [5.74, 6) is -0.387. The number of anilines is 1. The predicted molar refractivity (Wildman–Crippen MR) is 178 cm³/mol. The number of hydrogen-bond acceptors (Lipinski definition) is 5. The Balaban J connectivity index is 1.33. The smallest absolute Gasteiger partial charge is 0.326 e. The van der Waals surface area contributed by atoms with Crippen LogP contribution in [0.25, 0.3) is 0 Å². The zero-order valence-corrected chi connectivity index (χ0v) is 26.2. The molecule has 1 atom stereocenters. The first-order valence-electron chi connectivity index (χ1n) is 15.3. The molecule has 45 heavy (non-hydrogen) atoms. The van der Waals surface area contributed by atoms with Crippen LogP contribution in [0.4, 0.5) is 5.69 Å². The van der Waals surface area contributed by atoms with E-state index in [0.717, 1.165) is 11.1 Å². The summed E-state index contributed by atoms with van der Waals surface area (Å²) >= 11 is 0. The summed E-state index contributed by atoms with van der Waals surface area (Å²) in [5.41, 5.74) is 3.24. The van der Waals surface area contributed by atoms with Gasteiger partial charge in [0.15, 0.2) is 5.78 Å². The zero-order chi connectivity index (χ0) is 32.2. The Kier molecular flexibility index (Phi) is 11.5. The fourth-order valence-electron chi connectivity index (χ4n) is 5.00. The fourth-order valence-corrected chi connectivity index (χ4v) is 5.00. The number of carbonyl (C=O) groups is 3. The molecule has 0 aliphatic heterocycles. The second-order valence-corrected chi connectivity index (χ2v) is 12.4. The van der Waals surface area contributed by atoms with E-state index in [2.05, 4.69) is 26.1 Å². The standard InChI is InChI=1S/C38H42N2O5/c1-38(2,3)26-35(41)40(27-29-13-6-4-7-14-29)23-12-24-45-31-21-19-28(20-22-31)25-34(37(43)44)39-33-18-11-10-17-32(33)36(42)30-15-8-5-9-16-30/h4-11,13-22,34,39H,12,23-27H2,1-3H3,(H,43,44). The number of ketones is 1. The van der Waals surface area contributed by atoms with Crippen molar-refractivity contribution in [2.24, 2.45) is 5.41 Å². The SMILES string of the molecule is CC(C)(C)CC(=O)N(CCCOc1ccc(CC(Nc2ccccc2C(=O)c2ccccc2)C(=O)O)cc1)Cc1ccccc1. The van der Waals surface area contributed by atoms with E-state index in [4.69, 9.17) is 4.74 Å². The number of ether oxygens (including phenoxy) is 1. The van der Waals surface area contributed by atoms with Crippen molar-refractivity contribution in [3.05, 3.63) is 131 Å². The minimum atomic E-state index is -1.02. The van der Waals surface area contributed by atoms with Gasteiger partial charge in [0.1, 0.15) is 11.8 Å². The molecule has 1 unspecified atom stereocenters. The Morgan fingerprint density at radius 2 is 1.42 bits per heavy atom. The molecule has 7 heteroatoms. The van der Waals surface area contributed by atoms with Gasteiger partial charge in [-0.3, -0.25) is 9.59 Å². The van der Waals surface area contributed by atoms with Crippen LogP contribution in [0.5, 0.6) is 5.75 Å². The molecule has 0 aliphatic rings. The Labute approximate surface area is 265 Å². The number of nitrogens with zero attached hydrogens (tertiary/aromatic N) is 1. The molecule has 0 fully saturated rings. The Hall–Kier alpha value is -4.91. The average molecular weight is 607 g/mol. The number of para-hydroxylation sites is 1. The van der Waals surface area contributed by atoms with E-state index in [1.807, 2.05) is 65.6 Å². The van der Waals surface area contributed by atoms with E-state index in [-0.39, 0.29) is 23.5 Å². The number of aliphatic carboxylic acids is 1. The number of benzene rings is 4. The number of carboxylic acids is 1. The van der Waals surface area contributed by atoms with E-state index in [0.29, 0.717) is 55.1 Å². The third-order valence-electron chi connectivity index (χ3n) is 7.29. The summed E-state index contributed by atoms with van der Waals surface area (Å²) in [6.45, 7) is 7.80. The summed E-state index contributed by atoms with van der Waals surface area (Å²) in [6, 6.07) is 32.3. The zero-order valence-electron chi connectivity index (χ0n) is 26.2. The van der Waals surface area contributed by atoms with Crippen molar-refractivity contribution in [1.82, 2.24) is 4.90 Å². The van der Waals surface area contributed by atoms with Crippen molar-refractivity contribution < 1.29 is 24.2 Å². The number of rotatable bonds is 15. The van der Waals surface area contributed by atoms with E-state index < -0.39 is 12.0 Å². The van der Waals surface area contributed by atoms with Gasteiger partial charge in [-0.25, -0.2) is 4.79 Å². The van der Waals surface area contributed by atoms with Crippen LogP contribution in [0.2, 0.25) is 0 Å². The maximum absolute atomic E-state index is 13.1. The van der Waals surface area contributed by atoms with Crippen LogP contribution in [-0.4, -0.2) is 46.9 Å². The minimum Gasteiger partial charge on any atom is -0.494 e. The van der Waals surface area contributed by atoms with E-state index >= 15 is 0 Å². The maximum atomic E-state index is 13.1. The Morgan fingerprint density at radius 3 is 2.07 bits per heavy atom. The Bertz CT molecular complexity index is 1550. The largest absolute Gasteiger partial charge is 0.494 e. The maximum Gasteiger partial charge on any atom is 0.326 e. The van der Waals surface area contributed by atoms with Gasteiger partial charge in [0.2, 0.25) is 5.91 Å². The molecule has 7 nitrogen and oxygen atoms in total. The molecule has 0 radical (unpaired) electrons. The highest BCUT2D eigenvalue weighted by Crippen LogP contribution is 2.23. The van der Waals surface area contributed by atoms with Gasteiger partial charge >= 0.3 is 5.97 Å². The summed E-state index contributed by atoms with van der Waals surface area (Å²) in [7, 11) is 0. The molecule has 2 N–H and O–H groups in total. The Morgan fingerprint density at radius 1 is 0.800 bits per heavy atom. The average Bonchev–Trinajstić information content (AvgIpc) is 3.03. The monoisotopic (exact) mass is 606 g/mol. The van der Waals surface area contributed by atoms with Gasteiger partial charge in [0.25, 0.3) is 0 Å². The van der Waals surface area contributed by atoms with E-state index in [9.17, 15) is 19.5 Å². The van der Waals surface area contributed by atoms with Crippen LogP contribution in [0.3, 0.4) is 0 Å². The fraction of sp³-hybridized carbons (Fsp3) is 0.289. The molecule has 0 bridgehead atoms.